The van der Waals surface area contributed by atoms with Crippen LogP contribution in [0.2, 0.25) is 0 Å². The van der Waals surface area contributed by atoms with E-state index < -0.39 is 0 Å². The molecule has 0 aliphatic heterocycles. The molecular weight excluding hydrogens is 465 g/mol. The van der Waals surface area contributed by atoms with Crippen LogP contribution in [0.5, 0.6) is 0 Å². The van der Waals surface area contributed by atoms with Crippen LogP contribution in [-0.4, -0.2) is 38.8 Å². The van der Waals surface area contributed by atoms with Crippen LogP contribution in [0, 0.1) is 5.82 Å². The number of anilines is 1. The molecule has 3 N–H and O–H groups in total. The lowest BCUT2D eigenvalue weighted by Gasteiger charge is -2.12. The molecule has 0 aliphatic rings. The van der Waals surface area contributed by atoms with Crippen LogP contribution >= 0.6 is 15.9 Å². The highest BCUT2D eigenvalue weighted by Gasteiger charge is 2.14. The number of rotatable bonds is 7. The van der Waals surface area contributed by atoms with Gasteiger partial charge in [0.05, 0.1) is 23.0 Å². The quantitative estimate of drug-likeness (QED) is 0.373. The van der Waals surface area contributed by atoms with Gasteiger partial charge in [-0.2, -0.15) is 9.61 Å². The average Bonchev–Trinajstić information content (AvgIpc) is 3.17. The van der Waals surface area contributed by atoms with Gasteiger partial charge in [0.2, 0.25) is 0 Å². The Balaban J connectivity index is 1.58. The zero-order valence-corrected chi connectivity index (χ0v) is 17.9. The molecule has 0 radical (unpaired) electrons. The molecule has 0 fully saturated rings. The highest BCUT2D eigenvalue weighted by molar-refractivity contribution is 9.10. The number of carbonyl (C=O) groups excluding carboxylic acids is 1. The third-order valence-corrected chi connectivity index (χ3v) is 5.23. The van der Waals surface area contributed by atoms with E-state index in [4.69, 9.17) is 5.11 Å². The second kappa shape index (κ2) is 9.23. The molecule has 1 amide bonds. The number of hydrogen-bond donors (Lipinski definition) is 3. The van der Waals surface area contributed by atoms with E-state index in [1.54, 1.807) is 47.1 Å². The number of aliphatic hydroxyl groups is 1. The number of fused-ring (bicyclic) bond motifs is 1. The first-order valence-electron chi connectivity index (χ1n) is 9.58. The molecule has 0 unspecified atom stereocenters. The first-order valence-corrected chi connectivity index (χ1v) is 10.4. The number of aromatic nitrogens is 3. The first-order chi connectivity index (χ1) is 15.1. The minimum atomic E-state index is -0.351. The Hall–Kier alpha value is -3.30. The van der Waals surface area contributed by atoms with E-state index in [0.717, 1.165) is 5.56 Å². The molecule has 0 aliphatic carbocycles. The zero-order valence-electron chi connectivity index (χ0n) is 16.3. The summed E-state index contributed by atoms with van der Waals surface area (Å²) in [5.41, 5.74) is 2.92. The summed E-state index contributed by atoms with van der Waals surface area (Å²) in [5, 5.41) is 19.1. The Bertz CT molecular complexity index is 1230. The van der Waals surface area contributed by atoms with Crippen LogP contribution < -0.4 is 10.6 Å². The molecule has 0 spiro atoms. The number of nitrogens with one attached hydrogen (secondary N) is 2. The van der Waals surface area contributed by atoms with Crippen LogP contribution in [0.25, 0.3) is 16.9 Å². The summed E-state index contributed by atoms with van der Waals surface area (Å²) in [6.45, 7) is 0.572. The van der Waals surface area contributed by atoms with Gasteiger partial charge in [-0.05, 0) is 45.8 Å². The van der Waals surface area contributed by atoms with Gasteiger partial charge in [-0.15, -0.1) is 0 Å². The molecule has 7 nitrogen and oxygen atoms in total. The molecule has 4 aromatic rings. The van der Waals surface area contributed by atoms with E-state index in [0.29, 0.717) is 39.3 Å². The maximum atomic E-state index is 14.3. The van der Waals surface area contributed by atoms with Crippen LogP contribution in [0.1, 0.15) is 15.9 Å². The summed E-state index contributed by atoms with van der Waals surface area (Å²) in [6, 6.07) is 15.4. The van der Waals surface area contributed by atoms with Crippen molar-refractivity contribution >= 4 is 33.3 Å². The molecule has 0 bridgehead atoms. The predicted molar refractivity (Wildman–Crippen MR) is 119 cm³/mol. The van der Waals surface area contributed by atoms with Crippen molar-refractivity contribution < 1.29 is 14.3 Å². The number of amides is 1. The lowest BCUT2D eigenvalue weighted by molar-refractivity contribution is 0.0945. The summed E-state index contributed by atoms with van der Waals surface area (Å²) in [5.74, 6) is 0.0649. The van der Waals surface area contributed by atoms with E-state index in [-0.39, 0.29) is 24.9 Å². The monoisotopic (exact) mass is 483 g/mol. The molecule has 0 saturated carbocycles. The number of benzene rings is 2. The van der Waals surface area contributed by atoms with Crippen molar-refractivity contribution in [2.24, 2.45) is 0 Å². The van der Waals surface area contributed by atoms with E-state index in [1.165, 1.54) is 6.07 Å². The van der Waals surface area contributed by atoms with Crippen molar-refractivity contribution in [3.05, 3.63) is 82.2 Å². The van der Waals surface area contributed by atoms with Crippen LogP contribution in [-0.2, 0) is 6.54 Å². The summed E-state index contributed by atoms with van der Waals surface area (Å²) >= 11 is 3.44. The second-order valence-corrected chi connectivity index (χ2v) is 7.62. The standard InChI is InChI=1S/C22H19BrFN5O2/c23-17-13-27-29-20(11-19(28-21(17)29)16-3-1-2-4-18(16)24)26-12-14-5-7-15(8-6-14)22(31)25-9-10-30/h1-8,11,13,26,30H,9-10,12H2,(H,25,31). The smallest absolute Gasteiger partial charge is 0.251 e. The Kier molecular flexibility index (Phi) is 6.24. The van der Waals surface area contributed by atoms with Crippen molar-refractivity contribution in [2.75, 3.05) is 18.5 Å². The fourth-order valence-electron chi connectivity index (χ4n) is 3.11. The lowest BCUT2D eigenvalue weighted by Crippen LogP contribution is -2.26. The van der Waals surface area contributed by atoms with E-state index in [9.17, 15) is 9.18 Å². The molecule has 2 aromatic carbocycles. The highest BCUT2D eigenvalue weighted by atomic mass is 79.9. The predicted octanol–water partition coefficient (Wildman–Crippen LogP) is 3.63. The van der Waals surface area contributed by atoms with Crippen molar-refractivity contribution in [3.63, 3.8) is 0 Å². The van der Waals surface area contributed by atoms with Gasteiger partial charge in [0.25, 0.3) is 5.91 Å². The maximum Gasteiger partial charge on any atom is 0.251 e. The van der Waals surface area contributed by atoms with Crippen molar-refractivity contribution in [1.82, 2.24) is 19.9 Å². The minimum Gasteiger partial charge on any atom is -0.395 e. The van der Waals surface area contributed by atoms with Gasteiger partial charge in [-0.25, -0.2) is 9.37 Å². The SMILES string of the molecule is O=C(NCCO)c1ccc(CNc2cc(-c3ccccc3F)nc3c(Br)cnn23)cc1. The lowest BCUT2D eigenvalue weighted by atomic mass is 10.1. The average molecular weight is 484 g/mol. The van der Waals surface area contributed by atoms with Gasteiger partial charge in [0.1, 0.15) is 11.6 Å². The number of carbonyl (C=O) groups is 1. The number of nitrogens with zero attached hydrogens (tertiary/aromatic N) is 3. The van der Waals surface area contributed by atoms with Crippen molar-refractivity contribution in [1.29, 1.82) is 0 Å². The summed E-state index contributed by atoms with van der Waals surface area (Å²) in [7, 11) is 0. The summed E-state index contributed by atoms with van der Waals surface area (Å²) in [4.78, 5) is 16.5. The Morgan fingerprint density at radius 1 is 1.16 bits per heavy atom. The first kappa shape index (κ1) is 21.0. The Labute approximate surface area is 186 Å². The summed E-state index contributed by atoms with van der Waals surface area (Å²) in [6.07, 6.45) is 1.64. The van der Waals surface area contributed by atoms with Gasteiger partial charge in [-0.3, -0.25) is 4.79 Å². The topological polar surface area (TPSA) is 91.5 Å². The van der Waals surface area contributed by atoms with Crippen LogP contribution in [0.15, 0.2) is 65.3 Å². The molecular formula is C22H19BrFN5O2. The van der Waals surface area contributed by atoms with E-state index >= 15 is 0 Å². The van der Waals surface area contributed by atoms with Crippen LogP contribution in [0.3, 0.4) is 0 Å². The highest BCUT2D eigenvalue weighted by Crippen LogP contribution is 2.27. The molecule has 0 saturated heterocycles. The molecule has 4 rings (SSSR count). The zero-order chi connectivity index (χ0) is 21.8. The second-order valence-electron chi connectivity index (χ2n) is 6.76. The maximum absolute atomic E-state index is 14.3. The molecule has 2 aromatic heterocycles. The van der Waals surface area contributed by atoms with Gasteiger partial charge in [-0.1, -0.05) is 24.3 Å². The van der Waals surface area contributed by atoms with Crippen molar-refractivity contribution in [2.45, 2.75) is 6.54 Å². The third-order valence-electron chi connectivity index (χ3n) is 4.67. The molecule has 2 heterocycles. The van der Waals surface area contributed by atoms with Gasteiger partial charge >= 0.3 is 0 Å². The number of aliphatic hydroxyl groups excluding tert-OH is 1. The fraction of sp³-hybridized carbons (Fsp3) is 0.136. The normalized spacial score (nSPS) is 10.9. The Morgan fingerprint density at radius 2 is 1.94 bits per heavy atom. The molecule has 9 heteroatoms. The number of halogens is 2. The molecule has 158 valence electrons. The van der Waals surface area contributed by atoms with Gasteiger partial charge in [0, 0.05) is 30.3 Å². The van der Waals surface area contributed by atoms with E-state index in [1.807, 2.05) is 12.1 Å². The molecule has 31 heavy (non-hydrogen) atoms. The minimum absolute atomic E-state index is 0.105. The summed E-state index contributed by atoms with van der Waals surface area (Å²) < 4.78 is 16.7. The largest absolute Gasteiger partial charge is 0.395 e. The molecule has 0 atom stereocenters. The Morgan fingerprint density at radius 3 is 2.68 bits per heavy atom. The van der Waals surface area contributed by atoms with Crippen LogP contribution in [0.4, 0.5) is 10.2 Å². The van der Waals surface area contributed by atoms with Gasteiger partial charge < -0.3 is 15.7 Å². The van der Waals surface area contributed by atoms with Gasteiger partial charge in [0.15, 0.2) is 5.65 Å². The fourth-order valence-corrected chi connectivity index (χ4v) is 3.46. The van der Waals surface area contributed by atoms with Crippen molar-refractivity contribution in [3.8, 4) is 11.3 Å². The number of hydrogen-bond acceptors (Lipinski definition) is 5. The van der Waals surface area contributed by atoms with E-state index in [2.05, 4.69) is 36.6 Å². The third kappa shape index (κ3) is 4.57.